The molecular weight excluding hydrogens is 270 g/mol. The lowest BCUT2D eigenvalue weighted by Gasteiger charge is -2.29. The van der Waals surface area contributed by atoms with Crippen LogP contribution in [0.1, 0.15) is 27.7 Å². The standard InChI is InChI=1S/C15H19N3OS/c1-11-13(10-17(20)15(2,3)4)14(19)18(16-11)12-8-6-5-7-9-12/h5-10,20H,1-4H3. The lowest BCUT2D eigenvalue weighted by molar-refractivity contribution is -0.114. The number of hydrazone groups is 1. The molecule has 1 aromatic carbocycles. The zero-order valence-corrected chi connectivity index (χ0v) is 13.1. The third-order valence-electron chi connectivity index (χ3n) is 3.00. The zero-order chi connectivity index (χ0) is 14.9. The monoisotopic (exact) mass is 289 g/mol. The molecule has 0 unspecified atom stereocenters. The molecule has 106 valence electrons. The van der Waals surface area contributed by atoms with Crippen molar-refractivity contribution < 1.29 is 4.79 Å². The second-order valence-corrected chi connectivity index (χ2v) is 6.13. The molecule has 0 aromatic heterocycles. The van der Waals surface area contributed by atoms with Gasteiger partial charge in [-0.05, 0) is 39.8 Å². The summed E-state index contributed by atoms with van der Waals surface area (Å²) in [5, 5.41) is 5.75. The third-order valence-corrected chi connectivity index (χ3v) is 3.72. The van der Waals surface area contributed by atoms with Crippen LogP contribution < -0.4 is 5.01 Å². The van der Waals surface area contributed by atoms with E-state index in [1.165, 1.54) is 5.01 Å². The SMILES string of the molecule is CC1=NN(c2ccccc2)C(=O)C1=CN(S)C(C)(C)C. The zero-order valence-electron chi connectivity index (χ0n) is 12.2. The van der Waals surface area contributed by atoms with E-state index >= 15 is 0 Å². The number of hydrogen-bond donors (Lipinski definition) is 1. The van der Waals surface area contributed by atoms with Crippen molar-refractivity contribution >= 4 is 30.1 Å². The molecule has 1 aliphatic rings. The first kappa shape index (κ1) is 14.7. The van der Waals surface area contributed by atoms with Crippen molar-refractivity contribution in [2.24, 2.45) is 5.10 Å². The molecule has 20 heavy (non-hydrogen) atoms. The number of nitrogens with zero attached hydrogens (tertiary/aromatic N) is 3. The molecule has 0 atom stereocenters. The summed E-state index contributed by atoms with van der Waals surface area (Å²) in [6, 6.07) is 9.40. The summed E-state index contributed by atoms with van der Waals surface area (Å²) in [6.45, 7) is 7.91. The number of rotatable bonds is 2. The summed E-state index contributed by atoms with van der Waals surface area (Å²) < 4.78 is 1.73. The summed E-state index contributed by atoms with van der Waals surface area (Å²) in [7, 11) is 0. The maximum atomic E-state index is 12.5. The summed E-state index contributed by atoms with van der Waals surface area (Å²) in [4.78, 5) is 12.5. The number of anilines is 1. The molecule has 0 aliphatic carbocycles. The van der Waals surface area contributed by atoms with E-state index < -0.39 is 0 Å². The fourth-order valence-corrected chi connectivity index (χ4v) is 1.84. The van der Waals surface area contributed by atoms with Crippen molar-refractivity contribution in [3.8, 4) is 0 Å². The predicted octanol–water partition coefficient (Wildman–Crippen LogP) is 3.24. The third kappa shape index (κ3) is 2.88. The van der Waals surface area contributed by atoms with E-state index in [0.29, 0.717) is 11.3 Å². The number of para-hydroxylation sites is 1. The van der Waals surface area contributed by atoms with Crippen LogP contribution in [0.2, 0.25) is 0 Å². The lowest BCUT2D eigenvalue weighted by atomic mass is 10.1. The lowest BCUT2D eigenvalue weighted by Crippen LogP contribution is -2.31. The van der Waals surface area contributed by atoms with Crippen molar-refractivity contribution in [1.82, 2.24) is 4.31 Å². The number of benzene rings is 1. The molecule has 5 heteroatoms. The van der Waals surface area contributed by atoms with Crippen molar-refractivity contribution in [3.05, 3.63) is 42.1 Å². The molecule has 0 N–H and O–H groups in total. The van der Waals surface area contributed by atoms with Crippen molar-refractivity contribution in [2.75, 3.05) is 5.01 Å². The second-order valence-electron chi connectivity index (χ2n) is 5.70. The molecule has 4 nitrogen and oxygen atoms in total. The first-order chi connectivity index (χ1) is 9.30. The van der Waals surface area contributed by atoms with E-state index in [2.05, 4.69) is 17.9 Å². The average molecular weight is 289 g/mol. The van der Waals surface area contributed by atoms with Crippen LogP contribution in [0.5, 0.6) is 0 Å². The predicted molar refractivity (Wildman–Crippen MR) is 85.7 cm³/mol. The Morgan fingerprint density at radius 1 is 1.25 bits per heavy atom. The van der Waals surface area contributed by atoms with Gasteiger partial charge in [0, 0.05) is 11.7 Å². The fourth-order valence-electron chi connectivity index (χ4n) is 1.73. The Balaban J connectivity index is 2.31. The average Bonchev–Trinajstić information content (AvgIpc) is 2.66. The van der Waals surface area contributed by atoms with E-state index in [9.17, 15) is 4.79 Å². The minimum absolute atomic E-state index is 0.128. The van der Waals surface area contributed by atoms with Crippen LogP contribution in [0.25, 0.3) is 0 Å². The highest BCUT2D eigenvalue weighted by Crippen LogP contribution is 2.25. The smallest absolute Gasteiger partial charge is 0.282 e. The Morgan fingerprint density at radius 3 is 2.40 bits per heavy atom. The molecule has 1 aromatic rings. The number of carbonyl (C=O) groups is 1. The topological polar surface area (TPSA) is 35.9 Å². The van der Waals surface area contributed by atoms with Crippen LogP contribution in [0.3, 0.4) is 0 Å². The van der Waals surface area contributed by atoms with Gasteiger partial charge in [-0.15, -0.1) is 0 Å². The Kier molecular flexibility index (Phi) is 3.90. The molecule has 0 saturated carbocycles. The van der Waals surface area contributed by atoms with Gasteiger partial charge >= 0.3 is 0 Å². The number of hydrogen-bond acceptors (Lipinski definition) is 4. The normalized spacial score (nSPS) is 17.6. The highest BCUT2D eigenvalue weighted by molar-refractivity contribution is 7.77. The largest absolute Gasteiger partial charge is 0.320 e. The van der Waals surface area contributed by atoms with Crippen molar-refractivity contribution in [2.45, 2.75) is 33.2 Å². The molecule has 2 rings (SSSR count). The Hall–Kier alpha value is -1.75. The number of thiol groups is 1. The van der Waals surface area contributed by atoms with Crippen molar-refractivity contribution in [1.29, 1.82) is 0 Å². The van der Waals surface area contributed by atoms with E-state index in [4.69, 9.17) is 0 Å². The summed E-state index contributed by atoms with van der Waals surface area (Å²) in [6.07, 6.45) is 1.74. The van der Waals surface area contributed by atoms with Gasteiger partial charge in [0.25, 0.3) is 5.91 Å². The summed E-state index contributed by atoms with van der Waals surface area (Å²) in [5.74, 6) is -0.128. The first-order valence-electron chi connectivity index (χ1n) is 6.46. The minimum Gasteiger partial charge on any atom is -0.320 e. The maximum Gasteiger partial charge on any atom is 0.282 e. The molecule has 1 amide bonds. The highest BCUT2D eigenvalue weighted by Gasteiger charge is 2.30. The molecular formula is C15H19N3OS. The maximum absolute atomic E-state index is 12.5. The molecule has 1 aliphatic heterocycles. The van der Waals surface area contributed by atoms with E-state index in [-0.39, 0.29) is 11.4 Å². The van der Waals surface area contributed by atoms with Gasteiger partial charge in [-0.3, -0.25) is 4.79 Å². The Morgan fingerprint density at radius 2 is 1.85 bits per heavy atom. The summed E-state index contributed by atoms with van der Waals surface area (Å²) in [5.41, 5.74) is 1.86. The van der Waals surface area contributed by atoms with Gasteiger partial charge in [-0.25, -0.2) is 0 Å². The van der Waals surface area contributed by atoms with Gasteiger partial charge in [0.2, 0.25) is 0 Å². The number of amides is 1. The van der Waals surface area contributed by atoms with Crippen LogP contribution in [-0.2, 0) is 4.79 Å². The van der Waals surface area contributed by atoms with E-state index in [1.807, 2.05) is 58.0 Å². The van der Waals surface area contributed by atoms with Gasteiger partial charge in [-0.1, -0.05) is 31.0 Å². The van der Waals surface area contributed by atoms with Crippen LogP contribution in [0.4, 0.5) is 5.69 Å². The fraction of sp³-hybridized carbons (Fsp3) is 0.333. The van der Waals surface area contributed by atoms with Gasteiger partial charge in [-0.2, -0.15) is 10.1 Å². The Bertz CT molecular complexity index is 573. The Labute approximate surface area is 125 Å². The molecule has 0 fully saturated rings. The molecule has 0 radical (unpaired) electrons. The molecule has 1 heterocycles. The molecule has 0 spiro atoms. The van der Waals surface area contributed by atoms with Crippen molar-refractivity contribution in [3.63, 3.8) is 0 Å². The molecule has 0 saturated heterocycles. The van der Waals surface area contributed by atoms with Gasteiger partial charge < -0.3 is 4.31 Å². The van der Waals surface area contributed by atoms with E-state index in [0.717, 1.165) is 5.69 Å². The van der Waals surface area contributed by atoms with Crippen LogP contribution in [0, 0.1) is 0 Å². The second kappa shape index (κ2) is 5.32. The minimum atomic E-state index is -0.170. The van der Waals surface area contributed by atoms with E-state index in [1.54, 1.807) is 10.5 Å². The quantitative estimate of drug-likeness (QED) is 0.670. The van der Waals surface area contributed by atoms with Gasteiger partial charge in [0.05, 0.1) is 17.0 Å². The van der Waals surface area contributed by atoms with Crippen LogP contribution in [-0.4, -0.2) is 21.5 Å². The van der Waals surface area contributed by atoms with Gasteiger partial charge in [0.1, 0.15) is 0 Å². The highest BCUT2D eigenvalue weighted by atomic mass is 32.1. The van der Waals surface area contributed by atoms with Gasteiger partial charge in [0.15, 0.2) is 0 Å². The van der Waals surface area contributed by atoms with Crippen LogP contribution in [0.15, 0.2) is 47.2 Å². The van der Waals surface area contributed by atoms with Crippen LogP contribution >= 0.6 is 12.8 Å². The first-order valence-corrected chi connectivity index (χ1v) is 6.86. The summed E-state index contributed by atoms with van der Waals surface area (Å²) >= 11 is 4.42. The molecule has 0 bridgehead atoms. The number of carbonyl (C=O) groups excluding carboxylic acids is 1.